The smallest absolute Gasteiger partial charge is 0.250 e. The molecule has 4 nitrogen and oxygen atoms in total. The molecule has 0 N–H and O–H groups in total. The summed E-state index contributed by atoms with van der Waals surface area (Å²) in [6, 6.07) is 4.02. The summed E-state index contributed by atoms with van der Waals surface area (Å²) in [7, 11) is 0. The number of halogens is 1. The SMILES string of the molecule is O=Cc1ccc(-c2nnco2)c(F)c1. The number of benzene rings is 1. The van der Waals surface area contributed by atoms with Crippen molar-refractivity contribution in [2.75, 3.05) is 0 Å². The van der Waals surface area contributed by atoms with Crippen molar-refractivity contribution in [2.24, 2.45) is 0 Å². The Morgan fingerprint density at radius 3 is 2.86 bits per heavy atom. The van der Waals surface area contributed by atoms with Crippen molar-refractivity contribution in [3.63, 3.8) is 0 Å². The summed E-state index contributed by atoms with van der Waals surface area (Å²) in [4.78, 5) is 10.3. The molecule has 0 saturated heterocycles. The van der Waals surface area contributed by atoms with E-state index in [9.17, 15) is 9.18 Å². The Labute approximate surface area is 78.4 Å². The van der Waals surface area contributed by atoms with E-state index >= 15 is 0 Å². The lowest BCUT2D eigenvalue weighted by Gasteiger charge is -1.97. The van der Waals surface area contributed by atoms with Crippen molar-refractivity contribution in [1.82, 2.24) is 10.2 Å². The van der Waals surface area contributed by atoms with E-state index in [2.05, 4.69) is 10.2 Å². The predicted molar refractivity (Wildman–Crippen MR) is 45.1 cm³/mol. The topological polar surface area (TPSA) is 56.0 Å². The molecule has 0 saturated carbocycles. The molecule has 1 aromatic carbocycles. The Morgan fingerprint density at radius 2 is 2.29 bits per heavy atom. The van der Waals surface area contributed by atoms with Gasteiger partial charge in [0.25, 0.3) is 0 Å². The lowest BCUT2D eigenvalue weighted by molar-refractivity contribution is 0.112. The predicted octanol–water partition coefficient (Wildman–Crippen LogP) is 1.69. The first-order valence-electron chi connectivity index (χ1n) is 3.82. The summed E-state index contributed by atoms with van der Waals surface area (Å²) in [6.07, 6.45) is 1.68. The monoisotopic (exact) mass is 192 g/mol. The van der Waals surface area contributed by atoms with E-state index in [1.165, 1.54) is 12.1 Å². The quantitative estimate of drug-likeness (QED) is 0.679. The minimum Gasteiger partial charge on any atom is -0.423 e. The van der Waals surface area contributed by atoms with Gasteiger partial charge in [-0.15, -0.1) is 10.2 Å². The molecule has 0 amide bonds. The fraction of sp³-hybridized carbons (Fsp3) is 0. The number of aldehydes is 1. The summed E-state index contributed by atoms with van der Waals surface area (Å²) >= 11 is 0. The highest BCUT2D eigenvalue weighted by Crippen LogP contribution is 2.20. The zero-order valence-corrected chi connectivity index (χ0v) is 6.98. The van der Waals surface area contributed by atoms with E-state index < -0.39 is 5.82 Å². The van der Waals surface area contributed by atoms with Crippen LogP contribution in [0.3, 0.4) is 0 Å². The largest absolute Gasteiger partial charge is 0.423 e. The van der Waals surface area contributed by atoms with Gasteiger partial charge in [0.15, 0.2) is 0 Å². The molecular formula is C9H5FN2O2. The number of carbonyl (C=O) groups is 1. The van der Waals surface area contributed by atoms with Crippen LogP contribution in [0.5, 0.6) is 0 Å². The third kappa shape index (κ3) is 1.39. The average Bonchev–Trinajstić information content (AvgIpc) is 2.70. The molecule has 2 rings (SSSR count). The lowest BCUT2D eigenvalue weighted by atomic mass is 10.1. The van der Waals surface area contributed by atoms with Crippen LogP contribution in [0, 0.1) is 5.82 Å². The van der Waals surface area contributed by atoms with Gasteiger partial charge in [0.05, 0.1) is 5.56 Å². The zero-order valence-electron chi connectivity index (χ0n) is 6.98. The fourth-order valence-electron chi connectivity index (χ4n) is 1.07. The maximum atomic E-state index is 13.3. The third-order valence-corrected chi connectivity index (χ3v) is 1.72. The average molecular weight is 192 g/mol. The second-order valence-electron chi connectivity index (χ2n) is 2.60. The Bertz CT molecular complexity index is 454. The molecule has 70 valence electrons. The highest BCUT2D eigenvalue weighted by molar-refractivity contribution is 5.76. The van der Waals surface area contributed by atoms with Crippen molar-refractivity contribution in [3.8, 4) is 11.5 Å². The fourth-order valence-corrected chi connectivity index (χ4v) is 1.07. The van der Waals surface area contributed by atoms with E-state index in [1.807, 2.05) is 0 Å². The second kappa shape index (κ2) is 3.37. The minimum atomic E-state index is -0.557. The molecular weight excluding hydrogens is 187 g/mol. The first-order chi connectivity index (χ1) is 6.81. The van der Waals surface area contributed by atoms with E-state index in [1.54, 1.807) is 0 Å². The van der Waals surface area contributed by atoms with Gasteiger partial charge < -0.3 is 4.42 Å². The number of hydrogen-bond donors (Lipinski definition) is 0. The second-order valence-corrected chi connectivity index (χ2v) is 2.60. The summed E-state index contributed by atoms with van der Waals surface area (Å²) < 4.78 is 18.1. The molecule has 0 unspecified atom stereocenters. The van der Waals surface area contributed by atoms with Gasteiger partial charge in [-0.25, -0.2) is 4.39 Å². The molecule has 14 heavy (non-hydrogen) atoms. The van der Waals surface area contributed by atoms with Crippen LogP contribution in [0.1, 0.15) is 10.4 Å². The van der Waals surface area contributed by atoms with Gasteiger partial charge in [0.1, 0.15) is 12.1 Å². The maximum Gasteiger partial charge on any atom is 0.250 e. The van der Waals surface area contributed by atoms with E-state index in [0.717, 1.165) is 12.5 Å². The number of hydrogen-bond acceptors (Lipinski definition) is 4. The molecule has 2 aromatic rings. The van der Waals surface area contributed by atoms with E-state index in [-0.39, 0.29) is 17.0 Å². The lowest BCUT2D eigenvalue weighted by Crippen LogP contribution is -1.88. The maximum absolute atomic E-state index is 13.3. The summed E-state index contributed by atoms with van der Waals surface area (Å²) in [5, 5.41) is 6.99. The number of rotatable bonds is 2. The molecule has 0 fully saturated rings. The van der Waals surface area contributed by atoms with Crippen LogP contribution in [-0.2, 0) is 0 Å². The van der Waals surface area contributed by atoms with Crippen LogP contribution >= 0.6 is 0 Å². The molecule has 0 aliphatic rings. The minimum absolute atomic E-state index is 0.0972. The van der Waals surface area contributed by atoms with Crippen molar-refractivity contribution in [2.45, 2.75) is 0 Å². The Morgan fingerprint density at radius 1 is 1.43 bits per heavy atom. The summed E-state index contributed by atoms with van der Waals surface area (Å²) in [5.74, 6) is -0.459. The van der Waals surface area contributed by atoms with Crippen LogP contribution < -0.4 is 0 Å². The molecule has 5 heteroatoms. The van der Waals surface area contributed by atoms with Gasteiger partial charge in [-0.2, -0.15) is 0 Å². The van der Waals surface area contributed by atoms with Gasteiger partial charge in [0, 0.05) is 5.56 Å². The van der Waals surface area contributed by atoms with E-state index in [4.69, 9.17) is 4.42 Å². The highest BCUT2D eigenvalue weighted by atomic mass is 19.1. The van der Waals surface area contributed by atoms with Gasteiger partial charge in [0.2, 0.25) is 12.3 Å². The van der Waals surface area contributed by atoms with Crippen LogP contribution in [0.15, 0.2) is 29.0 Å². The Kier molecular flexibility index (Phi) is 2.06. The molecule has 1 heterocycles. The molecule has 1 aromatic heterocycles. The number of nitrogens with zero attached hydrogens (tertiary/aromatic N) is 2. The van der Waals surface area contributed by atoms with Gasteiger partial charge in [-0.05, 0) is 12.1 Å². The van der Waals surface area contributed by atoms with Crippen LogP contribution in [0.25, 0.3) is 11.5 Å². The third-order valence-electron chi connectivity index (χ3n) is 1.72. The molecule has 0 aliphatic carbocycles. The highest BCUT2D eigenvalue weighted by Gasteiger charge is 2.09. The zero-order chi connectivity index (χ0) is 9.97. The Hall–Kier alpha value is -2.04. The molecule has 0 spiro atoms. The van der Waals surface area contributed by atoms with Crippen LogP contribution in [0.4, 0.5) is 4.39 Å². The summed E-state index contributed by atoms with van der Waals surface area (Å²) in [6.45, 7) is 0. The van der Waals surface area contributed by atoms with Crippen LogP contribution in [0.2, 0.25) is 0 Å². The standard InChI is InChI=1S/C9H5FN2O2/c10-8-3-6(4-13)1-2-7(8)9-12-11-5-14-9/h1-5H. The van der Waals surface area contributed by atoms with Crippen LogP contribution in [-0.4, -0.2) is 16.5 Å². The number of carbonyl (C=O) groups excluding carboxylic acids is 1. The molecule has 0 aliphatic heterocycles. The first-order valence-corrected chi connectivity index (χ1v) is 3.82. The normalized spacial score (nSPS) is 10.1. The molecule has 0 bridgehead atoms. The van der Waals surface area contributed by atoms with Crippen molar-refractivity contribution in [3.05, 3.63) is 36.0 Å². The summed E-state index contributed by atoms with van der Waals surface area (Å²) in [5.41, 5.74) is 0.457. The van der Waals surface area contributed by atoms with Gasteiger partial charge in [-0.3, -0.25) is 4.79 Å². The molecule has 0 radical (unpaired) electrons. The first kappa shape index (κ1) is 8.55. The van der Waals surface area contributed by atoms with Gasteiger partial charge in [-0.1, -0.05) is 6.07 Å². The van der Waals surface area contributed by atoms with E-state index in [0.29, 0.717) is 6.29 Å². The van der Waals surface area contributed by atoms with Crippen molar-refractivity contribution >= 4 is 6.29 Å². The number of aromatic nitrogens is 2. The van der Waals surface area contributed by atoms with Gasteiger partial charge >= 0.3 is 0 Å². The van der Waals surface area contributed by atoms with Crippen molar-refractivity contribution < 1.29 is 13.6 Å². The van der Waals surface area contributed by atoms with Crippen molar-refractivity contribution in [1.29, 1.82) is 0 Å². The molecule has 0 atom stereocenters. The Balaban J connectivity index is 2.51.